The fourth-order valence-corrected chi connectivity index (χ4v) is 5.55. The minimum absolute atomic E-state index is 0.454. The first-order chi connectivity index (χ1) is 20.7. The van der Waals surface area contributed by atoms with E-state index in [-0.39, 0.29) is 0 Å². The van der Waals surface area contributed by atoms with Gasteiger partial charge in [-0.05, 0) is 33.3 Å². The van der Waals surface area contributed by atoms with Crippen molar-refractivity contribution in [1.82, 2.24) is 19.4 Å². The van der Waals surface area contributed by atoms with Crippen molar-refractivity contribution in [2.45, 2.75) is 0 Å². The minimum atomic E-state index is 0.454. The van der Waals surface area contributed by atoms with Gasteiger partial charge in [0, 0.05) is 32.9 Å². The zero-order chi connectivity index (χ0) is 28.5. The summed E-state index contributed by atoms with van der Waals surface area (Å²) in [5.41, 5.74) is 4.72. The van der Waals surface area contributed by atoms with Crippen molar-refractivity contribution in [3.8, 4) is 22.8 Å². The quantitative estimate of drug-likeness (QED) is 0.261. The van der Waals surface area contributed by atoms with E-state index in [2.05, 4.69) is 72.2 Å². The molecule has 5 aromatic carbocycles. The standard InChI is InChI=1S/C37H27BN4/c1-25-13-9-10-14-26(2)33-31(23-21-25)42(32-24-22-27-15-11-12-20-30(27)34(32)33)38-37-40-35(28-16-5-3-6-17-28)39-36(41-37)29-18-7-4-8-19-29/h3-24,38H,1-2H2. The molecule has 0 radical (unpaired) electrons. The fraction of sp³-hybridized carbons (Fsp3) is 0. The Hall–Kier alpha value is -5.55. The van der Waals surface area contributed by atoms with Gasteiger partial charge in [0.05, 0.1) is 0 Å². The number of nitrogens with zero attached hydrogens (tertiary/aromatic N) is 4. The van der Waals surface area contributed by atoms with Crippen LogP contribution in [-0.4, -0.2) is 26.8 Å². The Morgan fingerprint density at radius 3 is 1.79 bits per heavy atom. The summed E-state index contributed by atoms with van der Waals surface area (Å²) < 4.78 is 2.30. The molecule has 0 spiro atoms. The van der Waals surface area contributed by atoms with Crippen molar-refractivity contribution in [1.29, 1.82) is 0 Å². The highest BCUT2D eigenvalue weighted by molar-refractivity contribution is 6.53. The summed E-state index contributed by atoms with van der Waals surface area (Å²) in [6.45, 7) is 8.72. The zero-order valence-electron chi connectivity index (χ0n) is 23.1. The maximum atomic E-state index is 5.00. The third kappa shape index (κ3) is 4.71. The third-order valence-electron chi connectivity index (χ3n) is 7.54. The molecule has 198 valence electrons. The SMILES string of the molecule is C=c1ccccc(=C)c2c3c4ccccc4ccc3n(Bc3nc(-c4ccccc4)nc(-c4ccccc4)n3)c2cc1. The lowest BCUT2D eigenvalue weighted by Gasteiger charge is -2.10. The van der Waals surface area contributed by atoms with Crippen molar-refractivity contribution in [2.75, 3.05) is 0 Å². The minimum Gasteiger partial charge on any atom is -0.380 e. The van der Waals surface area contributed by atoms with E-state index in [4.69, 9.17) is 15.0 Å². The second-order valence-electron chi connectivity index (χ2n) is 10.3. The van der Waals surface area contributed by atoms with E-state index in [1.54, 1.807) is 0 Å². The molecule has 0 aliphatic rings. The van der Waals surface area contributed by atoms with Crippen molar-refractivity contribution in [3.05, 3.63) is 144 Å². The molecule has 5 heteroatoms. The maximum Gasteiger partial charge on any atom is 0.321 e. The van der Waals surface area contributed by atoms with Crippen LogP contribution < -0.4 is 16.2 Å². The molecule has 0 saturated carbocycles. The highest BCUT2D eigenvalue weighted by Crippen LogP contribution is 2.32. The molecule has 0 aliphatic heterocycles. The average Bonchev–Trinajstić information content (AvgIpc) is 3.36. The molecule has 0 N–H and O–H groups in total. The van der Waals surface area contributed by atoms with Gasteiger partial charge in [-0.2, -0.15) is 0 Å². The summed E-state index contributed by atoms with van der Waals surface area (Å²) in [5.74, 6) is 1.30. The Morgan fingerprint density at radius 2 is 1.07 bits per heavy atom. The van der Waals surface area contributed by atoms with E-state index in [0.29, 0.717) is 24.8 Å². The largest absolute Gasteiger partial charge is 0.380 e. The highest BCUT2D eigenvalue weighted by Gasteiger charge is 2.18. The normalized spacial score (nSPS) is 11.0. The van der Waals surface area contributed by atoms with Gasteiger partial charge in [0.1, 0.15) is 5.72 Å². The second-order valence-corrected chi connectivity index (χ2v) is 10.3. The molecule has 0 unspecified atom stereocenters. The Labute approximate surface area is 244 Å². The van der Waals surface area contributed by atoms with E-state index >= 15 is 0 Å². The second kappa shape index (κ2) is 10.8. The average molecular weight is 538 g/mol. The zero-order valence-corrected chi connectivity index (χ0v) is 23.1. The van der Waals surface area contributed by atoms with Crippen LogP contribution in [0.5, 0.6) is 0 Å². The van der Waals surface area contributed by atoms with Gasteiger partial charge in [-0.15, -0.1) is 0 Å². The smallest absolute Gasteiger partial charge is 0.321 e. The van der Waals surface area contributed by atoms with Gasteiger partial charge in [0.15, 0.2) is 11.6 Å². The first kappa shape index (κ1) is 25.4. The number of aromatic nitrogens is 4. The van der Waals surface area contributed by atoms with Gasteiger partial charge >= 0.3 is 7.41 Å². The van der Waals surface area contributed by atoms with Crippen LogP contribution in [0, 0.1) is 0 Å². The van der Waals surface area contributed by atoms with E-state index in [9.17, 15) is 0 Å². The Kier molecular flexibility index (Phi) is 6.53. The predicted octanol–water partition coefficient (Wildman–Crippen LogP) is 5.94. The van der Waals surface area contributed by atoms with Crippen LogP contribution in [0.25, 0.3) is 68.5 Å². The summed E-state index contributed by atoms with van der Waals surface area (Å²) in [5, 5.41) is 6.49. The molecule has 0 aliphatic carbocycles. The molecule has 0 atom stereocenters. The lowest BCUT2D eigenvalue weighted by atomic mass is 9.91. The van der Waals surface area contributed by atoms with Gasteiger partial charge in [-0.25, -0.2) is 15.0 Å². The van der Waals surface area contributed by atoms with Crippen molar-refractivity contribution in [2.24, 2.45) is 0 Å². The van der Waals surface area contributed by atoms with Gasteiger partial charge < -0.3 is 4.48 Å². The Bertz CT molecular complexity index is 2200. The Balaban J connectivity index is 1.55. The van der Waals surface area contributed by atoms with Crippen molar-refractivity contribution < 1.29 is 0 Å². The fourth-order valence-electron chi connectivity index (χ4n) is 5.55. The van der Waals surface area contributed by atoms with Crippen LogP contribution in [0.4, 0.5) is 0 Å². The van der Waals surface area contributed by atoms with Gasteiger partial charge in [-0.3, -0.25) is 0 Å². The molecule has 0 saturated heterocycles. The molecule has 7 rings (SSSR count). The van der Waals surface area contributed by atoms with E-state index in [0.717, 1.165) is 43.4 Å². The molecule has 2 aromatic heterocycles. The summed E-state index contributed by atoms with van der Waals surface area (Å²) in [6.07, 6.45) is 0. The molecule has 42 heavy (non-hydrogen) atoms. The van der Waals surface area contributed by atoms with Gasteiger partial charge in [0.2, 0.25) is 0 Å². The summed E-state index contributed by atoms with van der Waals surface area (Å²) in [7, 11) is 0.454. The Morgan fingerprint density at radius 1 is 0.500 bits per heavy atom. The van der Waals surface area contributed by atoms with Crippen LogP contribution in [0.1, 0.15) is 0 Å². The maximum absolute atomic E-state index is 5.00. The molecule has 0 amide bonds. The van der Waals surface area contributed by atoms with E-state index in [1.807, 2.05) is 78.9 Å². The lowest BCUT2D eigenvalue weighted by molar-refractivity contribution is 1.10. The first-order valence-electron chi connectivity index (χ1n) is 14.0. The number of fused-ring (bicyclic) bond motifs is 5. The summed E-state index contributed by atoms with van der Waals surface area (Å²) in [4.78, 5) is 14.9. The van der Waals surface area contributed by atoms with Gasteiger partial charge in [0.25, 0.3) is 0 Å². The molecule has 4 nitrogen and oxygen atoms in total. The van der Waals surface area contributed by atoms with Crippen LogP contribution in [0.3, 0.4) is 0 Å². The monoisotopic (exact) mass is 538 g/mol. The number of hydrogen-bond donors (Lipinski definition) is 0. The molecule has 7 aromatic rings. The van der Waals surface area contributed by atoms with Crippen LogP contribution >= 0.6 is 0 Å². The summed E-state index contributed by atoms with van der Waals surface area (Å²) >= 11 is 0. The number of rotatable bonds is 4. The molecule has 0 fully saturated rings. The molecular weight excluding hydrogens is 511 g/mol. The van der Waals surface area contributed by atoms with Crippen LogP contribution in [-0.2, 0) is 0 Å². The van der Waals surface area contributed by atoms with Gasteiger partial charge in [-0.1, -0.05) is 134 Å². The highest BCUT2D eigenvalue weighted by atomic mass is 15.0. The van der Waals surface area contributed by atoms with E-state index in [1.165, 1.54) is 10.8 Å². The number of benzene rings is 4. The van der Waals surface area contributed by atoms with Crippen LogP contribution in [0.15, 0.2) is 133 Å². The topological polar surface area (TPSA) is 43.6 Å². The van der Waals surface area contributed by atoms with Crippen molar-refractivity contribution >= 4 is 58.9 Å². The molecule has 2 heterocycles. The van der Waals surface area contributed by atoms with Crippen LogP contribution in [0.2, 0.25) is 0 Å². The summed E-state index contributed by atoms with van der Waals surface area (Å²) in [6, 6.07) is 45.3. The van der Waals surface area contributed by atoms with Crippen molar-refractivity contribution in [3.63, 3.8) is 0 Å². The first-order valence-corrected chi connectivity index (χ1v) is 14.0. The lowest BCUT2D eigenvalue weighted by Crippen LogP contribution is -2.30. The number of hydrogen-bond acceptors (Lipinski definition) is 3. The molecular formula is C37H27BN4. The third-order valence-corrected chi connectivity index (χ3v) is 7.54. The predicted molar refractivity (Wildman–Crippen MR) is 178 cm³/mol. The molecule has 0 bridgehead atoms. The van der Waals surface area contributed by atoms with E-state index < -0.39 is 0 Å².